The minimum atomic E-state index is -0.309. The van der Waals surface area contributed by atoms with Crippen LogP contribution in [0.5, 0.6) is 0 Å². The molecule has 2 aromatic rings. The molecule has 6 heteroatoms. The molecule has 0 N–H and O–H groups in total. The Labute approximate surface area is 150 Å². The molecule has 2 aliphatic heterocycles. The summed E-state index contributed by atoms with van der Waals surface area (Å²) in [5.41, 5.74) is 1.03. The largest absolute Gasteiger partial charge is 0.338 e. The van der Waals surface area contributed by atoms with Crippen molar-refractivity contribution in [3.05, 3.63) is 51.6 Å². The molecule has 0 aromatic carbocycles. The van der Waals surface area contributed by atoms with E-state index in [9.17, 15) is 4.79 Å². The Morgan fingerprint density at radius 3 is 3.08 bits per heavy atom. The van der Waals surface area contributed by atoms with Crippen LogP contribution in [0.4, 0.5) is 0 Å². The lowest BCUT2D eigenvalue weighted by atomic mass is 9.77. The maximum atomic E-state index is 13.2. The zero-order chi connectivity index (χ0) is 16.6. The first-order chi connectivity index (χ1) is 11.7. The lowest BCUT2D eigenvalue weighted by Gasteiger charge is -2.27. The van der Waals surface area contributed by atoms with Crippen molar-refractivity contribution >= 4 is 28.6 Å². The molecule has 4 nitrogen and oxygen atoms in total. The van der Waals surface area contributed by atoms with Gasteiger partial charge in [0.15, 0.2) is 0 Å². The molecule has 2 atom stereocenters. The van der Waals surface area contributed by atoms with Crippen LogP contribution in [0, 0.1) is 5.41 Å². The van der Waals surface area contributed by atoms with Crippen molar-refractivity contribution in [3.63, 3.8) is 0 Å². The van der Waals surface area contributed by atoms with E-state index in [0.29, 0.717) is 6.54 Å². The predicted molar refractivity (Wildman–Crippen MR) is 98.3 cm³/mol. The summed E-state index contributed by atoms with van der Waals surface area (Å²) < 4.78 is 0. The molecular formula is C18H21N3OS2. The molecule has 2 aromatic heterocycles. The summed E-state index contributed by atoms with van der Waals surface area (Å²) in [5, 5.41) is 7.44. The molecule has 2 aliphatic rings. The van der Waals surface area contributed by atoms with Crippen LogP contribution in [-0.4, -0.2) is 46.9 Å². The van der Waals surface area contributed by atoms with Crippen LogP contribution >= 0.6 is 22.7 Å². The molecule has 2 saturated heterocycles. The van der Waals surface area contributed by atoms with Gasteiger partial charge in [0.25, 0.3) is 0 Å². The summed E-state index contributed by atoms with van der Waals surface area (Å²) in [5.74, 6) is 0.494. The minimum absolute atomic E-state index is 0.207. The van der Waals surface area contributed by atoms with Crippen LogP contribution in [0.25, 0.3) is 0 Å². The maximum absolute atomic E-state index is 13.2. The minimum Gasteiger partial charge on any atom is -0.338 e. The van der Waals surface area contributed by atoms with Crippen molar-refractivity contribution in [2.75, 3.05) is 26.2 Å². The van der Waals surface area contributed by atoms with E-state index >= 15 is 0 Å². The van der Waals surface area contributed by atoms with Crippen LogP contribution < -0.4 is 0 Å². The summed E-state index contributed by atoms with van der Waals surface area (Å²) in [7, 11) is 0. The molecular weight excluding hydrogens is 338 g/mol. The molecule has 126 valence electrons. The van der Waals surface area contributed by atoms with Crippen molar-refractivity contribution in [1.82, 2.24) is 14.8 Å². The third-order valence-electron chi connectivity index (χ3n) is 5.24. The van der Waals surface area contributed by atoms with Crippen LogP contribution in [0.2, 0.25) is 0 Å². The number of carbonyl (C=O) groups excluding carboxylic acids is 1. The van der Waals surface area contributed by atoms with Crippen molar-refractivity contribution in [3.8, 4) is 0 Å². The number of thiophene rings is 1. The molecule has 4 rings (SSSR count). The molecule has 2 fully saturated rings. The lowest BCUT2D eigenvalue weighted by molar-refractivity contribution is -0.135. The number of hydrogen-bond acceptors (Lipinski definition) is 5. The van der Waals surface area contributed by atoms with E-state index in [4.69, 9.17) is 0 Å². The Morgan fingerprint density at radius 1 is 1.46 bits per heavy atom. The second-order valence-corrected chi connectivity index (χ2v) is 8.38. The maximum Gasteiger partial charge on any atom is 0.231 e. The average molecular weight is 360 g/mol. The van der Waals surface area contributed by atoms with Crippen LogP contribution in [-0.2, 0) is 11.3 Å². The first-order valence-electron chi connectivity index (χ1n) is 8.26. The number of nitrogens with zero attached hydrogens (tertiary/aromatic N) is 3. The van der Waals surface area contributed by atoms with Crippen LogP contribution in [0.1, 0.15) is 22.9 Å². The summed E-state index contributed by atoms with van der Waals surface area (Å²) in [6.07, 6.45) is 4.60. The van der Waals surface area contributed by atoms with Gasteiger partial charge in [0, 0.05) is 50.2 Å². The van der Waals surface area contributed by atoms with E-state index in [1.54, 1.807) is 22.7 Å². The van der Waals surface area contributed by atoms with Gasteiger partial charge in [-0.3, -0.25) is 9.69 Å². The fourth-order valence-electron chi connectivity index (χ4n) is 4.15. The fraction of sp³-hybridized carbons (Fsp3) is 0.444. The monoisotopic (exact) mass is 359 g/mol. The molecule has 24 heavy (non-hydrogen) atoms. The number of hydrogen-bond donors (Lipinski definition) is 0. The van der Waals surface area contributed by atoms with Crippen molar-refractivity contribution in [1.29, 1.82) is 0 Å². The third-order valence-corrected chi connectivity index (χ3v) is 6.86. The normalized spacial score (nSPS) is 27.4. The standard InChI is InChI=1S/C18H21N3OS2/c1-2-6-21-7-4-18(17(21)22)13-20(10-14-3-8-23-12-14)11-15(18)16-19-5-9-24-16/h2-3,5,8-9,12,15H,1,4,6-7,10-11,13H2/t15-,18+/m1/s1. The van der Waals surface area contributed by atoms with Crippen molar-refractivity contribution in [2.24, 2.45) is 5.41 Å². The number of amides is 1. The lowest BCUT2D eigenvalue weighted by Crippen LogP contribution is -2.39. The van der Waals surface area contributed by atoms with Crippen molar-refractivity contribution in [2.45, 2.75) is 18.9 Å². The average Bonchev–Trinajstić information content (AvgIpc) is 3.34. The van der Waals surface area contributed by atoms with E-state index in [1.165, 1.54) is 5.56 Å². The van der Waals surface area contributed by atoms with Gasteiger partial charge < -0.3 is 4.90 Å². The molecule has 0 saturated carbocycles. The highest BCUT2D eigenvalue weighted by Gasteiger charge is 2.57. The highest BCUT2D eigenvalue weighted by Crippen LogP contribution is 2.50. The summed E-state index contributed by atoms with van der Waals surface area (Å²) in [6.45, 7) is 7.94. The van der Waals surface area contributed by atoms with Gasteiger partial charge in [-0.2, -0.15) is 11.3 Å². The number of rotatable bonds is 5. The summed E-state index contributed by atoms with van der Waals surface area (Å²) >= 11 is 3.41. The van der Waals surface area contributed by atoms with E-state index in [1.807, 2.05) is 22.6 Å². The molecule has 1 spiro atoms. The van der Waals surface area contributed by atoms with Crippen molar-refractivity contribution < 1.29 is 4.79 Å². The van der Waals surface area contributed by atoms with Gasteiger partial charge in [-0.15, -0.1) is 17.9 Å². The van der Waals surface area contributed by atoms with Gasteiger partial charge in [-0.25, -0.2) is 4.98 Å². The van der Waals surface area contributed by atoms with Gasteiger partial charge in [0.05, 0.1) is 10.4 Å². The van der Waals surface area contributed by atoms with Gasteiger partial charge in [0.2, 0.25) is 5.91 Å². The number of carbonyl (C=O) groups is 1. The van der Waals surface area contributed by atoms with Gasteiger partial charge in [-0.05, 0) is 28.8 Å². The Hall–Kier alpha value is -1.50. The van der Waals surface area contributed by atoms with E-state index in [0.717, 1.165) is 37.6 Å². The predicted octanol–water partition coefficient (Wildman–Crippen LogP) is 3.21. The molecule has 0 unspecified atom stereocenters. The van der Waals surface area contributed by atoms with Gasteiger partial charge >= 0.3 is 0 Å². The zero-order valence-corrected chi connectivity index (χ0v) is 15.2. The molecule has 0 bridgehead atoms. The third kappa shape index (κ3) is 2.62. The van der Waals surface area contributed by atoms with E-state index in [2.05, 4.69) is 33.3 Å². The second-order valence-electron chi connectivity index (χ2n) is 6.67. The molecule has 1 amide bonds. The Balaban J connectivity index is 1.62. The van der Waals surface area contributed by atoms with Gasteiger partial charge in [-0.1, -0.05) is 6.08 Å². The van der Waals surface area contributed by atoms with E-state index in [-0.39, 0.29) is 17.2 Å². The van der Waals surface area contributed by atoms with Crippen LogP contribution in [0.15, 0.2) is 41.1 Å². The van der Waals surface area contributed by atoms with E-state index < -0.39 is 0 Å². The number of thiazole rings is 1. The molecule has 0 aliphatic carbocycles. The Bertz CT molecular complexity index is 713. The van der Waals surface area contributed by atoms with Crippen LogP contribution in [0.3, 0.4) is 0 Å². The Morgan fingerprint density at radius 2 is 2.38 bits per heavy atom. The Kier molecular flexibility index (Phi) is 4.28. The molecule has 4 heterocycles. The molecule has 0 radical (unpaired) electrons. The fourth-order valence-corrected chi connectivity index (χ4v) is 5.65. The summed E-state index contributed by atoms with van der Waals surface area (Å²) in [4.78, 5) is 22.2. The summed E-state index contributed by atoms with van der Waals surface area (Å²) in [6, 6.07) is 2.18. The van der Waals surface area contributed by atoms with Gasteiger partial charge in [0.1, 0.15) is 0 Å². The number of aromatic nitrogens is 1. The zero-order valence-electron chi connectivity index (χ0n) is 13.6. The quantitative estimate of drug-likeness (QED) is 0.769. The topological polar surface area (TPSA) is 36.4 Å². The smallest absolute Gasteiger partial charge is 0.231 e. The highest BCUT2D eigenvalue weighted by molar-refractivity contribution is 7.09. The first kappa shape index (κ1) is 16.0. The SMILES string of the molecule is C=CCN1CC[C@@]2(CN(Cc3ccsc3)C[C@@H]2c2nccs2)C1=O. The first-order valence-corrected chi connectivity index (χ1v) is 10.1. The second kappa shape index (κ2) is 6.43. The number of likely N-dealkylation sites (tertiary alicyclic amines) is 2. The highest BCUT2D eigenvalue weighted by atomic mass is 32.1.